The van der Waals surface area contributed by atoms with Gasteiger partial charge in [0.2, 0.25) is 0 Å². The maximum atomic E-state index is 13.0. The van der Waals surface area contributed by atoms with Crippen LogP contribution < -0.4 is 5.32 Å². The van der Waals surface area contributed by atoms with Crippen molar-refractivity contribution in [2.24, 2.45) is 5.92 Å². The number of halogens is 2. The third-order valence-electron chi connectivity index (χ3n) is 3.22. The quantitative estimate of drug-likeness (QED) is 0.855. The fourth-order valence-electron chi connectivity index (χ4n) is 2.24. The zero-order valence-corrected chi connectivity index (χ0v) is 10.1. The van der Waals surface area contributed by atoms with Crippen LogP contribution in [0.15, 0.2) is 18.2 Å². The molecule has 16 heavy (non-hydrogen) atoms. The third kappa shape index (κ3) is 3.19. The van der Waals surface area contributed by atoms with Gasteiger partial charge in [0.25, 0.3) is 0 Å². The number of nitrogens with one attached hydrogen (secondary N) is 1. The van der Waals surface area contributed by atoms with E-state index in [0.29, 0.717) is 0 Å². The van der Waals surface area contributed by atoms with Crippen molar-refractivity contribution in [1.29, 1.82) is 0 Å². The molecule has 1 fully saturated rings. The molecule has 1 unspecified atom stereocenters. The van der Waals surface area contributed by atoms with Crippen molar-refractivity contribution < 1.29 is 4.39 Å². The Morgan fingerprint density at radius 1 is 1.44 bits per heavy atom. The minimum atomic E-state index is -0.329. The van der Waals surface area contributed by atoms with Crippen LogP contribution in [0.1, 0.15) is 24.8 Å². The maximum Gasteiger partial charge on any atom is 0.141 e. The van der Waals surface area contributed by atoms with Gasteiger partial charge in [-0.3, -0.25) is 0 Å². The first kappa shape index (κ1) is 11.9. The molecule has 88 valence electrons. The Hall–Kier alpha value is -0.600. The van der Waals surface area contributed by atoms with Crippen LogP contribution in [0.5, 0.6) is 0 Å². The molecular formula is C13H17ClFN. The summed E-state index contributed by atoms with van der Waals surface area (Å²) in [4.78, 5) is 0. The third-order valence-corrected chi connectivity index (χ3v) is 3.51. The van der Waals surface area contributed by atoms with Crippen molar-refractivity contribution in [3.05, 3.63) is 34.6 Å². The highest BCUT2D eigenvalue weighted by molar-refractivity contribution is 6.30. The van der Waals surface area contributed by atoms with E-state index in [2.05, 4.69) is 5.32 Å². The Labute approximate surface area is 101 Å². The summed E-state index contributed by atoms with van der Waals surface area (Å²) < 4.78 is 13.0. The lowest BCUT2D eigenvalue weighted by Gasteiger charge is -2.22. The lowest BCUT2D eigenvalue weighted by Crippen LogP contribution is -2.29. The molecule has 1 aliphatic heterocycles. The minimum Gasteiger partial charge on any atom is -0.316 e. The summed E-state index contributed by atoms with van der Waals surface area (Å²) in [6, 6.07) is 5.03. The summed E-state index contributed by atoms with van der Waals surface area (Å²) in [5.41, 5.74) is 1.14. The number of aryl methyl sites for hydroxylation is 1. The number of benzene rings is 1. The molecule has 2 rings (SSSR count). The van der Waals surface area contributed by atoms with E-state index in [0.717, 1.165) is 37.4 Å². The summed E-state index contributed by atoms with van der Waals surface area (Å²) in [6.07, 6.45) is 4.73. The Bertz CT molecular complexity index is 348. The van der Waals surface area contributed by atoms with Crippen molar-refractivity contribution in [2.75, 3.05) is 13.1 Å². The van der Waals surface area contributed by atoms with E-state index >= 15 is 0 Å². The molecule has 3 heteroatoms. The Balaban J connectivity index is 1.86. The predicted octanol–water partition coefficient (Wildman–Crippen LogP) is 3.41. The normalized spacial score (nSPS) is 21.0. The van der Waals surface area contributed by atoms with Gasteiger partial charge in [0.1, 0.15) is 5.82 Å². The molecule has 1 aliphatic rings. The Morgan fingerprint density at radius 3 is 3.00 bits per heavy atom. The summed E-state index contributed by atoms with van der Waals surface area (Å²) in [6.45, 7) is 2.27. The molecule has 0 radical (unpaired) electrons. The number of hydrogen-bond donors (Lipinski definition) is 1. The SMILES string of the molecule is Fc1ccc(CCC2CCCNC2)cc1Cl. The van der Waals surface area contributed by atoms with Crippen LogP contribution in [0.25, 0.3) is 0 Å². The molecule has 1 aromatic rings. The van der Waals surface area contributed by atoms with Gasteiger partial charge < -0.3 is 5.32 Å². The summed E-state index contributed by atoms with van der Waals surface area (Å²) >= 11 is 5.75. The van der Waals surface area contributed by atoms with Gasteiger partial charge in [0, 0.05) is 0 Å². The van der Waals surface area contributed by atoms with Crippen LogP contribution in [-0.4, -0.2) is 13.1 Å². The monoisotopic (exact) mass is 241 g/mol. The largest absolute Gasteiger partial charge is 0.316 e. The van der Waals surface area contributed by atoms with Gasteiger partial charge in [-0.05, 0) is 62.4 Å². The second kappa shape index (κ2) is 5.65. The smallest absolute Gasteiger partial charge is 0.141 e. The first-order valence-corrected chi connectivity index (χ1v) is 6.28. The molecule has 0 aromatic heterocycles. The van der Waals surface area contributed by atoms with Crippen LogP contribution in [0.2, 0.25) is 5.02 Å². The van der Waals surface area contributed by atoms with Gasteiger partial charge in [0.15, 0.2) is 0 Å². The summed E-state index contributed by atoms with van der Waals surface area (Å²) in [5.74, 6) is 0.433. The molecule has 0 bridgehead atoms. The van der Waals surface area contributed by atoms with Gasteiger partial charge in [0.05, 0.1) is 5.02 Å². The first-order chi connectivity index (χ1) is 7.75. The van der Waals surface area contributed by atoms with Gasteiger partial charge in [-0.1, -0.05) is 17.7 Å². The molecular weight excluding hydrogens is 225 g/mol. The molecule has 1 nitrogen and oxygen atoms in total. The fourth-order valence-corrected chi connectivity index (χ4v) is 2.44. The van der Waals surface area contributed by atoms with E-state index in [4.69, 9.17) is 11.6 Å². The highest BCUT2D eigenvalue weighted by Gasteiger charge is 2.12. The van der Waals surface area contributed by atoms with Crippen LogP contribution in [-0.2, 0) is 6.42 Å². The molecule has 1 saturated heterocycles. The van der Waals surface area contributed by atoms with Crippen molar-refractivity contribution in [3.8, 4) is 0 Å². The maximum absolute atomic E-state index is 13.0. The van der Waals surface area contributed by atoms with Crippen molar-refractivity contribution in [3.63, 3.8) is 0 Å². The Kier molecular flexibility index (Phi) is 4.19. The summed E-state index contributed by atoms with van der Waals surface area (Å²) in [5, 5.41) is 3.64. The lowest BCUT2D eigenvalue weighted by molar-refractivity contribution is 0.358. The number of piperidine rings is 1. The van der Waals surface area contributed by atoms with E-state index in [1.54, 1.807) is 6.07 Å². The Morgan fingerprint density at radius 2 is 2.31 bits per heavy atom. The van der Waals surface area contributed by atoms with E-state index in [1.807, 2.05) is 6.07 Å². The molecule has 0 spiro atoms. The molecule has 0 amide bonds. The number of hydrogen-bond acceptors (Lipinski definition) is 1. The molecule has 1 N–H and O–H groups in total. The second-order valence-electron chi connectivity index (χ2n) is 4.50. The second-order valence-corrected chi connectivity index (χ2v) is 4.91. The standard InChI is InChI=1S/C13H17ClFN/c14-12-8-10(5-6-13(12)15)3-4-11-2-1-7-16-9-11/h5-6,8,11,16H,1-4,7,9H2. The van der Waals surface area contributed by atoms with Gasteiger partial charge >= 0.3 is 0 Å². The average Bonchev–Trinajstić information content (AvgIpc) is 2.32. The van der Waals surface area contributed by atoms with Crippen LogP contribution >= 0.6 is 11.6 Å². The van der Waals surface area contributed by atoms with Crippen molar-refractivity contribution in [1.82, 2.24) is 5.32 Å². The van der Waals surface area contributed by atoms with Crippen molar-refractivity contribution >= 4 is 11.6 Å². The zero-order valence-electron chi connectivity index (χ0n) is 9.31. The molecule has 1 aromatic carbocycles. The van der Waals surface area contributed by atoms with E-state index < -0.39 is 0 Å². The average molecular weight is 242 g/mol. The highest BCUT2D eigenvalue weighted by atomic mass is 35.5. The van der Waals surface area contributed by atoms with Gasteiger partial charge in [-0.2, -0.15) is 0 Å². The van der Waals surface area contributed by atoms with Gasteiger partial charge in [-0.25, -0.2) is 4.39 Å². The van der Waals surface area contributed by atoms with E-state index in [9.17, 15) is 4.39 Å². The molecule has 1 heterocycles. The predicted molar refractivity (Wildman–Crippen MR) is 65.3 cm³/mol. The topological polar surface area (TPSA) is 12.0 Å². The van der Waals surface area contributed by atoms with Crippen LogP contribution in [0.4, 0.5) is 4.39 Å². The van der Waals surface area contributed by atoms with Crippen molar-refractivity contribution in [2.45, 2.75) is 25.7 Å². The zero-order chi connectivity index (χ0) is 11.4. The molecule has 0 aliphatic carbocycles. The van der Waals surface area contributed by atoms with Gasteiger partial charge in [-0.15, -0.1) is 0 Å². The number of rotatable bonds is 3. The lowest BCUT2D eigenvalue weighted by atomic mass is 9.93. The van der Waals surface area contributed by atoms with E-state index in [1.165, 1.54) is 18.9 Å². The van der Waals surface area contributed by atoms with E-state index in [-0.39, 0.29) is 10.8 Å². The summed E-state index contributed by atoms with van der Waals surface area (Å²) in [7, 11) is 0. The highest BCUT2D eigenvalue weighted by Crippen LogP contribution is 2.20. The molecule has 0 saturated carbocycles. The molecule has 1 atom stereocenters. The van der Waals surface area contributed by atoms with Crippen LogP contribution in [0, 0.1) is 11.7 Å². The first-order valence-electron chi connectivity index (χ1n) is 5.90. The van der Waals surface area contributed by atoms with Crippen LogP contribution in [0.3, 0.4) is 0 Å². The minimum absolute atomic E-state index is 0.235. The fraction of sp³-hybridized carbons (Fsp3) is 0.538.